The van der Waals surface area contributed by atoms with Gasteiger partial charge in [0.05, 0.1) is 57.9 Å². The molecule has 0 saturated carbocycles. The molecule has 0 spiro atoms. The Hall–Kier alpha value is -6.88. The molecule has 24 nitrogen and oxygen atoms in total. The minimum atomic E-state index is 0.634. The zero-order valence-electron chi connectivity index (χ0n) is 89.6. The van der Waals surface area contributed by atoms with Gasteiger partial charge in [-0.05, 0) is 230 Å². The summed E-state index contributed by atoms with van der Waals surface area (Å²) in [5.41, 5.74) is 9.40. The van der Waals surface area contributed by atoms with Crippen LogP contribution in [-0.4, -0.2) is 120 Å². The van der Waals surface area contributed by atoms with Crippen molar-refractivity contribution >= 4 is 0 Å². The van der Waals surface area contributed by atoms with Crippen LogP contribution in [-0.2, 0) is 104 Å². The van der Waals surface area contributed by atoms with Crippen LogP contribution in [0.1, 0.15) is 428 Å². The quantitative estimate of drug-likeness (QED) is 0.0322. The summed E-state index contributed by atoms with van der Waals surface area (Å²) in [6, 6.07) is 0. The zero-order valence-corrected chi connectivity index (χ0v) is 89.6. The van der Waals surface area contributed by atoms with E-state index in [4.69, 9.17) is 0 Å². The van der Waals surface area contributed by atoms with E-state index < -0.39 is 0 Å². The van der Waals surface area contributed by atoms with Crippen LogP contribution >= 0.6 is 0 Å². The van der Waals surface area contributed by atoms with Crippen LogP contribution in [0, 0.1) is 94.7 Å². The van der Waals surface area contributed by atoms with Crippen molar-refractivity contribution in [2.45, 2.75) is 486 Å². The van der Waals surface area contributed by atoms with Crippen LogP contribution in [0.4, 0.5) is 0 Å². The summed E-state index contributed by atoms with van der Waals surface area (Å²) in [5.74, 6) is 12.0. The van der Waals surface area contributed by atoms with Crippen molar-refractivity contribution < 1.29 is 0 Å². The normalized spacial score (nSPS) is 11.6. The van der Waals surface area contributed by atoms with Crippen LogP contribution in [0.5, 0.6) is 0 Å². The molecule has 8 rings (SSSR count). The minimum Gasteiger partial charge on any atom is -0.252 e. The molecule has 8 aromatic rings. The highest BCUT2D eigenvalue weighted by Crippen LogP contribution is 2.19. The lowest BCUT2D eigenvalue weighted by Gasteiger charge is -2.08. The van der Waals surface area contributed by atoms with Crippen molar-refractivity contribution in [1.82, 2.24) is 120 Å². The molecule has 8 heterocycles. The number of nitrogens with zero attached hydrogens (tertiary/aromatic N) is 24. The molecule has 0 radical (unpaired) electrons. The summed E-state index contributed by atoms with van der Waals surface area (Å²) in [7, 11) is 0. The molecule has 0 aliphatic carbocycles. The van der Waals surface area contributed by atoms with E-state index in [0.717, 1.165) is 209 Å². The van der Waals surface area contributed by atoms with Crippen molar-refractivity contribution in [2.24, 2.45) is 94.7 Å². The number of hydrogen-bond donors (Lipinski definition) is 0. The maximum absolute atomic E-state index is 4.21. The van der Waals surface area contributed by atoms with E-state index in [1.54, 1.807) is 0 Å². The van der Waals surface area contributed by atoms with Gasteiger partial charge >= 0.3 is 0 Å². The second kappa shape index (κ2) is 73.6. The molecule has 129 heavy (non-hydrogen) atoms. The van der Waals surface area contributed by atoms with Crippen molar-refractivity contribution in [2.75, 3.05) is 0 Å². The molecule has 0 bridgehead atoms. The lowest BCUT2D eigenvalue weighted by Crippen LogP contribution is -2.08. The molecule has 0 amide bonds. The Morgan fingerprint density at radius 1 is 0.186 bits per heavy atom. The molecular weight excluding hydrogens is 1600 g/mol. The number of unbranched alkanes of at least 4 members (excludes halogenated alkanes) is 5. The average Bonchev–Trinajstić information content (AvgIpc) is 1.94. The molecule has 8 aromatic heterocycles. The number of aromatic nitrogens is 24. The molecule has 0 fully saturated rings. The van der Waals surface area contributed by atoms with Crippen molar-refractivity contribution in [1.29, 1.82) is 0 Å². The van der Waals surface area contributed by atoms with E-state index in [1.807, 2.05) is 40.5 Å². The van der Waals surface area contributed by atoms with Gasteiger partial charge in [-0.25, -0.2) is 9.36 Å². The van der Waals surface area contributed by atoms with Gasteiger partial charge in [-0.3, -0.25) is 28.1 Å². The Kier molecular flexibility index (Phi) is 68.5. The first kappa shape index (κ1) is 120. The molecule has 0 aromatic carbocycles. The Bertz CT molecular complexity index is 3690. The standard InChI is InChI=1S/C15H29N3.C14H27N3.4C13H25N3.2C12H23N3/c1-13(2)8-5-6-11-18-15(12-16-17-18)10-7-9-14(3)4;1-12(2)8-6-5-7-9-14-11-17(16-15-14)10-13(3)4;1-11(2)6-5-9-16-10-13(14-15-16)8-7-12(3)4;1-11(2)6-5-7-13-10-16(15-14-13)9-8-12(3)4;1-11(2)7-5-6-8-16-10-13(14-15-16)9-12(3)4;1-11(2)7-5-6-8-16-13(9-12(3)4)10-14-15-16;1-10(2)5-6-12-9-15(14-13-12)8-7-11(3)4;1-10(2)6-5-7-12-9-15(14-13-12)8-11(3)4/h12-14H,5-11H2,1-4H3;11-13H,5-10H2,1-4H3;4*10-12H,5-9H2,1-4H3;2*9-11H,5-8H2,1-4H3. The summed E-state index contributed by atoms with van der Waals surface area (Å²) in [4.78, 5) is 0. The first-order valence-electron chi connectivity index (χ1n) is 52.2. The highest BCUT2D eigenvalue weighted by atomic mass is 15.5. The van der Waals surface area contributed by atoms with Gasteiger partial charge in [-0.15, -0.1) is 40.8 Å². The van der Waals surface area contributed by atoms with E-state index in [0.29, 0.717) is 23.7 Å². The Balaban J connectivity index is 0.000000738. The van der Waals surface area contributed by atoms with E-state index in [-0.39, 0.29) is 0 Å². The second-order valence-electron chi connectivity index (χ2n) is 43.9. The van der Waals surface area contributed by atoms with E-state index in [2.05, 4.69) is 351 Å². The summed E-state index contributed by atoms with van der Waals surface area (Å²) < 4.78 is 16.0. The van der Waals surface area contributed by atoms with Gasteiger partial charge in [-0.1, -0.05) is 340 Å². The molecule has 0 unspecified atom stereocenters. The fourth-order valence-electron chi connectivity index (χ4n) is 14.1. The van der Waals surface area contributed by atoms with Gasteiger partial charge in [0.15, 0.2) is 0 Å². The maximum atomic E-state index is 4.21. The van der Waals surface area contributed by atoms with E-state index in [9.17, 15) is 0 Å². The Labute approximate surface area is 791 Å². The third kappa shape index (κ3) is 70.5. The van der Waals surface area contributed by atoms with E-state index >= 15 is 0 Å². The molecular formula is C105H202N24. The predicted molar refractivity (Wildman–Crippen MR) is 543 cm³/mol. The van der Waals surface area contributed by atoms with Crippen molar-refractivity contribution in [3.05, 3.63) is 95.1 Å². The molecule has 742 valence electrons. The average molecular weight is 1800 g/mol. The minimum absolute atomic E-state index is 0.634. The summed E-state index contributed by atoms with van der Waals surface area (Å²) in [6.07, 6.45) is 56.4. The predicted octanol–water partition coefficient (Wildman–Crippen LogP) is 26.8. The third-order valence-corrected chi connectivity index (χ3v) is 21.8. The third-order valence-electron chi connectivity index (χ3n) is 21.8. The van der Waals surface area contributed by atoms with Gasteiger partial charge < -0.3 is 0 Å². The fourth-order valence-corrected chi connectivity index (χ4v) is 14.1. The molecule has 0 N–H and O–H groups in total. The first-order chi connectivity index (χ1) is 61.1. The topological polar surface area (TPSA) is 246 Å². The van der Waals surface area contributed by atoms with Gasteiger partial charge in [0, 0.05) is 89.5 Å². The van der Waals surface area contributed by atoms with Crippen LogP contribution < -0.4 is 0 Å². The lowest BCUT2D eigenvalue weighted by atomic mass is 10.0. The molecule has 0 aliphatic heterocycles. The highest BCUT2D eigenvalue weighted by Gasteiger charge is 2.13. The van der Waals surface area contributed by atoms with E-state index in [1.165, 1.54) is 172 Å². The number of hydrogen-bond acceptors (Lipinski definition) is 16. The van der Waals surface area contributed by atoms with Gasteiger partial charge in [0.2, 0.25) is 0 Å². The lowest BCUT2D eigenvalue weighted by molar-refractivity contribution is 0.469. The second-order valence-corrected chi connectivity index (χ2v) is 43.9. The SMILES string of the molecule is CC(C)CCCCCc1cn(CC(C)C)nn1.CC(C)CCCCn1cc(CC(C)C)nn1.CC(C)CCCCn1nncc1CC(C)C.CC(C)CCCCn1nncc1CCCC(C)C.CC(C)CCCc1cn(CC(C)C)nn1.CC(C)CCCc1cn(CCC(C)C)nn1.CC(C)CCCn1cc(CCC(C)C)nn1.CC(C)CCc1cn(CCC(C)C)nn1. The van der Waals surface area contributed by atoms with Crippen LogP contribution in [0.15, 0.2) is 49.6 Å². The number of aryl methyl sites for hydroxylation is 12. The Morgan fingerprint density at radius 3 is 0.806 bits per heavy atom. The molecule has 0 aliphatic rings. The molecule has 24 heteroatoms. The van der Waals surface area contributed by atoms with Gasteiger partial charge in [-0.2, -0.15) is 0 Å². The smallest absolute Gasteiger partial charge is 0.0829 e. The largest absolute Gasteiger partial charge is 0.252 e. The van der Waals surface area contributed by atoms with Gasteiger partial charge in [0.1, 0.15) is 0 Å². The van der Waals surface area contributed by atoms with Crippen molar-refractivity contribution in [3.63, 3.8) is 0 Å². The van der Waals surface area contributed by atoms with Crippen LogP contribution in [0.3, 0.4) is 0 Å². The molecule has 0 saturated heterocycles. The van der Waals surface area contributed by atoms with Crippen molar-refractivity contribution in [3.8, 4) is 0 Å². The van der Waals surface area contributed by atoms with Crippen LogP contribution in [0.25, 0.3) is 0 Å². The summed E-state index contributed by atoms with van der Waals surface area (Å²) in [5, 5.41) is 66.4. The zero-order chi connectivity index (χ0) is 96.4. The highest BCUT2D eigenvalue weighted by molar-refractivity contribution is 4.99. The fraction of sp³-hybridized carbons (Fsp3) is 0.848. The maximum Gasteiger partial charge on any atom is 0.0829 e. The Morgan fingerprint density at radius 2 is 0.450 bits per heavy atom. The summed E-state index contributed by atoms with van der Waals surface area (Å²) in [6.45, 7) is 80.0. The monoisotopic (exact) mass is 1800 g/mol. The first-order valence-corrected chi connectivity index (χ1v) is 52.2. The van der Waals surface area contributed by atoms with Crippen LogP contribution in [0.2, 0.25) is 0 Å². The summed E-state index contributed by atoms with van der Waals surface area (Å²) >= 11 is 0. The van der Waals surface area contributed by atoms with Gasteiger partial charge in [0.25, 0.3) is 0 Å². The molecule has 0 atom stereocenters. The number of rotatable bonds is 57.